The van der Waals surface area contributed by atoms with Crippen LogP contribution in [0.1, 0.15) is 12.8 Å². The highest BCUT2D eigenvalue weighted by molar-refractivity contribution is 6.06. The Balaban J connectivity index is 1.11. The molecule has 30 heavy (non-hydrogen) atoms. The van der Waals surface area contributed by atoms with E-state index in [1.807, 2.05) is 0 Å². The lowest BCUT2D eigenvalue weighted by atomic mass is 9.63. The molecule has 3 fully saturated rings. The number of hydrogen-bond acceptors (Lipinski definition) is 5. The molecule has 6 rings (SSSR count). The van der Waals surface area contributed by atoms with Crippen molar-refractivity contribution in [2.45, 2.75) is 12.8 Å². The van der Waals surface area contributed by atoms with Crippen LogP contribution in [0.3, 0.4) is 0 Å². The molecular formula is C22H21FN2O5. The summed E-state index contributed by atoms with van der Waals surface area (Å²) >= 11 is 0. The number of hydrogen-bond donors (Lipinski definition) is 1. The maximum Gasteiger partial charge on any atom is 0.308 e. The van der Waals surface area contributed by atoms with Gasteiger partial charge in [0, 0.05) is 12.2 Å². The van der Waals surface area contributed by atoms with E-state index < -0.39 is 24.3 Å². The highest BCUT2D eigenvalue weighted by Gasteiger charge is 2.66. The fourth-order valence-corrected chi connectivity index (χ4v) is 5.39. The standard InChI is InChI=1S/C22H21FN2O5/c23-11-1-3-12(4-2-11)24-17(26)10-30-18(27)7-8-25-21(28)19-13-5-6-14(16-9-15(13)16)20(19)22(25)29/h1-6,13-16,19-20H,7-10H2,(H,24,26)/t13-,14-,15-,16+,19+,20+/m0/s1. The third-order valence-electron chi connectivity index (χ3n) is 6.79. The Bertz CT molecular complexity index is 923. The number of carbonyl (C=O) groups is 4. The topological polar surface area (TPSA) is 92.8 Å². The van der Waals surface area contributed by atoms with E-state index in [2.05, 4.69) is 17.5 Å². The zero-order valence-electron chi connectivity index (χ0n) is 16.1. The predicted octanol–water partition coefficient (Wildman–Crippen LogP) is 1.75. The molecule has 0 aromatic heterocycles. The van der Waals surface area contributed by atoms with Crippen LogP contribution in [0.5, 0.6) is 0 Å². The number of anilines is 1. The molecule has 6 atom stereocenters. The number of carbonyl (C=O) groups excluding carboxylic acids is 4. The maximum atomic E-state index is 12.9. The van der Waals surface area contributed by atoms with E-state index in [1.54, 1.807) is 0 Å². The molecule has 1 saturated heterocycles. The van der Waals surface area contributed by atoms with Crippen LogP contribution >= 0.6 is 0 Å². The van der Waals surface area contributed by atoms with Gasteiger partial charge >= 0.3 is 5.97 Å². The van der Waals surface area contributed by atoms with Crippen molar-refractivity contribution in [1.29, 1.82) is 0 Å². The van der Waals surface area contributed by atoms with Gasteiger partial charge in [-0.25, -0.2) is 4.39 Å². The van der Waals surface area contributed by atoms with E-state index in [1.165, 1.54) is 29.2 Å². The average molecular weight is 412 g/mol. The van der Waals surface area contributed by atoms with E-state index in [0.29, 0.717) is 17.5 Å². The summed E-state index contributed by atoms with van der Waals surface area (Å²) in [5.41, 5.74) is 0.384. The van der Waals surface area contributed by atoms with Crippen molar-refractivity contribution in [3.05, 3.63) is 42.2 Å². The largest absolute Gasteiger partial charge is 0.456 e. The monoisotopic (exact) mass is 412 g/mol. The van der Waals surface area contributed by atoms with Crippen LogP contribution in [0, 0.1) is 41.3 Å². The zero-order chi connectivity index (χ0) is 21.0. The Morgan fingerprint density at radius 3 is 2.23 bits per heavy atom. The van der Waals surface area contributed by atoms with Gasteiger partial charge in [0.2, 0.25) is 11.8 Å². The molecule has 8 heteroatoms. The number of esters is 1. The fourth-order valence-electron chi connectivity index (χ4n) is 5.39. The molecule has 1 heterocycles. The lowest BCUT2D eigenvalue weighted by molar-refractivity contribution is -0.148. The summed E-state index contributed by atoms with van der Waals surface area (Å²) in [6.45, 7) is -0.529. The minimum absolute atomic E-state index is 0.0299. The number of allylic oxidation sites excluding steroid dienone is 2. The number of rotatable bonds is 6. The summed E-state index contributed by atoms with van der Waals surface area (Å²) in [6, 6.07) is 5.19. The predicted molar refractivity (Wildman–Crippen MR) is 102 cm³/mol. The first-order chi connectivity index (χ1) is 14.4. The van der Waals surface area contributed by atoms with Gasteiger partial charge in [0.25, 0.3) is 5.91 Å². The van der Waals surface area contributed by atoms with Crippen LogP contribution in [0.2, 0.25) is 0 Å². The molecule has 1 aromatic rings. The molecule has 0 spiro atoms. The first-order valence-electron chi connectivity index (χ1n) is 10.2. The van der Waals surface area contributed by atoms with Crippen molar-refractivity contribution in [3.63, 3.8) is 0 Å². The third-order valence-corrected chi connectivity index (χ3v) is 6.79. The summed E-state index contributed by atoms with van der Waals surface area (Å²) in [6.07, 6.45) is 5.14. The van der Waals surface area contributed by atoms with Crippen LogP contribution in [-0.2, 0) is 23.9 Å². The van der Waals surface area contributed by atoms with Crippen LogP contribution in [0.4, 0.5) is 10.1 Å². The number of imide groups is 1. The van der Waals surface area contributed by atoms with Crippen molar-refractivity contribution >= 4 is 29.4 Å². The fraction of sp³-hybridized carbons (Fsp3) is 0.455. The molecule has 0 unspecified atom stereocenters. The molecule has 2 bridgehead atoms. The SMILES string of the molecule is O=C(COC(=O)CCN1C(=O)[C@@H]2[C@H]3C=C[C@@H]([C@@H]4C[C@H]34)[C@H]2C1=O)Nc1ccc(F)cc1. The molecule has 2 saturated carbocycles. The summed E-state index contributed by atoms with van der Waals surface area (Å²) in [4.78, 5) is 50.7. The lowest BCUT2D eigenvalue weighted by Crippen LogP contribution is -2.40. The van der Waals surface area contributed by atoms with Crippen molar-refractivity contribution in [3.8, 4) is 0 Å². The second-order valence-corrected chi connectivity index (χ2v) is 8.45. The number of halogens is 1. The molecule has 0 radical (unpaired) electrons. The molecular weight excluding hydrogens is 391 g/mol. The second kappa shape index (κ2) is 7.04. The van der Waals surface area contributed by atoms with Gasteiger partial charge in [-0.05, 0) is 54.4 Å². The smallest absolute Gasteiger partial charge is 0.308 e. The number of likely N-dealkylation sites (tertiary alicyclic amines) is 1. The van der Waals surface area contributed by atoms with E-state index in [9.17, 15) is 23.6 Å². The molecule has 5 aliphatic rings. The number of benzene rings is 1. The minimum Gasteiger partial charge on any atom is -0.456 e. The Labute approximate surface area is 172 Å². The zero-order valence-corrected chi connectivity index (χ0v) is 16.1. The van der Waals surface area contributed by atoms with Crippen molar-refractivity contribution in [2.24, 2.45) is 35.5 Å². The number of ether oxygens (including phenoxy) is 1. The van der Waals surface area contributed by atoms with Crippen molar-refractivity contribution in [1.82, 2.24) is 4.90 Å². The Morgan fingerprint density at radius 1 is 1.03 bits per heavy atom. The van der Waals surface area contributed by atoms with E-state index >= 15 is 0 Å². The third kappa shape index (κ3) is 3.11. The molecule has 3 amide bonds. The highest BCUT2D eigenvalue weighted by Crippen LogP contribution is 2.65. The molecule has 7 nitrogen and oxygen atoms in total. The van der Waals surface area contributed by atoms with E-state index in [4.69, 9.17) is 4.74 Å². The molecule has 1 N–H and O–H groups in total. The number of nitrogens with zero attached hydrogens (tertiary/aromatic N) is 1. The van der Waals surface area contributed by atoms with Gasteiger partial charge in [-0.15, -0.1) is 0 Å². The van der Waals surface area contributed by atoms with Gasteiger partial charge in [0.05, 0.1) is 18.3 Å². The highest BCUT2D eigenvalue weighted by atomic mass is 19.1. The maximum absolute atomic E-state index is 12.9. The summed E-state index contributed by atoms with van der Waals surface area (Å²) in [5, 5.41) is 2.49. The molecule has 156 valence electrons. The number of amides is 3. The van der Waals surface area contributed by atoms with Crippen LogP contribution in [0.15, 0.2) is 36.4 Å². The minimum atomic E-state index is -0.663. The Kier molecular flexibility index (Phi) is 4.45. The van der Waals surface area contributed by atoms with Crippen LogP contribution < -0.4 is 5.32 Å². The summed E-state index contributed by atoms with van der Waals surface area (Å²) in [7, 11) is 0. The van der Waals surface area contributed by atoms with Crippen molar-refractivity contribution in [2.75, 3.05) is 18.5 Å². The first kappa shape index (κ1) is 19.0. The van der Waals surface area contributed by atoms with Crippen LogP contribution in [-0.4, -0.2) is 41.7 Å². The Morgan fingerprint density at radius 2 is 1.63 bits per heavy atom. The van der Waals surface area contributed by atoms with Gasteiger partial charge in [-0.1, -0.05) is 12.2 Å². The van der Waals surface area contributed by atoms with E-state index in [0.717, 1.165) is 6.42 Å². The summed E-state index contributed by atoms with van der Waals surface area (Å²) in [5.74, 6) is -1.23. The normalized spacial score (nSPS) is 32.6. The van der Waals surface area contributed by atoms with Gasteiger partial charge in [0.1, 0.15) is 5.82 Å². The summed E-state index contributed by atoms with van der Waals surface area (Å²) < 4.78 is 17.8. The van der Waals surface area contributed by atoms with E-state index in [-0.39, 0.29) is 48.5 Å². The first-order valence-corrected chi connectivity index (χ1v) is 10.2. The Hall–Kier alpha value is -3.03. The second-order valence-electron chi connectivity index (χ2n) is 8.45. The van der Waals surface area contributed by atoms with Crippen molar-refractivity contribution < 1.29 is 28.3 Å². The molecule has 1 aromatic carbocycles. The number of nitrogens with one attached hydrogen (secondary N) is 1. The van der Waals surface area contributed by atoms with Gasteiger partial charge in [-0.3, -0.25) is 24.1 Å². The molecule has 1 aliphatic heterocycles. The molecule has 4 aliphatic carbocycles. The van der Waals surface area contributed by atoms with Gasteiger partial charge < -0.3 is 10.1 Å². The van der Waals surface area contributed by atoms with Gasteiger partial charge in [-0.2, -0.15) is 0 Å². The van der Waals surface area contributed by atoms with Crippen LogP contribution in [0.25, 0.3) is 0 Å². The lowest BCUT2D eigenvalue weighted by Gasteiger charge is -2.37. The quantitative estimate of drug-likeness (QED) is 0.437. The average Bonchev–Trinajstić information content (AvgIpc) is 3.52. The van der Waals surface area contributed by atoms with Gasteiger partial charge in [0.15, 0.2) is 6.61 Å².